The van der Waals surface area contributed by atoms with Gasteiger partial charge < -0.3 is 15.0 Å². The Kier molecular flexibility index (Phi) is 5.83. The zero-order valence-corrected chi connectivity index (χ0v) is 12.2. The van der Waals surface area contributed by atoms with Gasteiger partial charge in [0.15, 0.2) is 0 Å². The zero-order chi connectivity index (χ0) is 13.5. The average molecular weight is 262 g/mol. The van der Waals surface area contributed by atoms with E-state index >= 15 is 0 Å². The van der Waals surface area contributed by atoms with Crippen LogP contribution in [0.3, 0.4) is 0 Å². The first kappa shape index (κ1) is 14.5. The minimum Gasteiger partial charge on any atom is -0.378 e. The van der Waals surface area contributed by atoms with E-state index < -0.39 is 0 Å². The average Bonchev–Trinajstić information content (AvgIpc) is 2.47. The van der Waals surface area contributed by atoms with Crippen molar-refractivity contribution in [3.8, 4) is 0 Å². The maximum Gasteiger partial charge on any atom is 0.0632 e. The molecule has 0 bridgehead atoms. The van der Waals surface area contributed by atoms with E-state index in [-0.39, 0.29) is 0 Å². The molecule has 0 spiro atoms. The Balaban J connectivity index is 1.71. The van der Waals surface area contributed by atoms with Gasteiger partial charge in [0.1, 0.15) is 0 Å². The molecule has 1 aliphatic rings. The van der Waals surface area contributed by atoms with E-state index in [0.717, 1.165) is 45.7 Å². The number of morpholine rings is 1. The Morgan fingerprint density at radius 2 is 2.00 bits per heavy atom. The fourth-order valence-corrected chi connectivity index (χ4v) is 2.47. The van der Waals surface area contributed by atoms with E-state index in [0.29, 0.717) is 6.04 Å². The van der Waals surface area contributed by atoms with E-state index in [1.54, 1.807) is 0 Å². The third kappa shape index (κ3) is 4.94. The molecular formula is C16H26N2O. The highest BCUT2D eigenvalue weighted by molar-refractivity contribution is 5.22. The first-order valence-electron chi connectivity index (χ1n) is 7.35. The second kappa shape index (κ2) is 7.63. The summed E-state index contributed by atoms with van der Waals surface area (Å²) in [5.41, 5.74) is 2.84. The van der Waals surface area contributed by atoms with Crippen molar-refractivity contribution in [3.63, 3.8) is 0 Å². The third-order valence-electron chi connectivity index (χ3n) is 3.74. The van der Waals surface area contributed by atoms with Crippen molar-refractivity contribution in [1.29, 1.82) is 0 Å². The lowest BCUT2D eigenvalue weighted by atomic mass is 10.1. The van der Waals surface area contributed by atoms with Gasteiger partial charge in [0.25, 0.3) is 0 Å². The molecule has 0 saturated carbocycles. The largest absolute Gasteiger partial charge is 0.378 e. The molecule has 1 saturated heterocycles. The monoisotopic (exact) mass is 262 g/mol. The molecule has 1 heterocycles. The van der Waals surface area contributed by atoms with Gasteiger partial charge in [0.05, 0.1) is 13.2 Å². The van der Waals surface area contributed by atoms with Gasteiger partial charge in [-0.15, -0.1) is 0 Å². The first-order chi connectivity index (χ1) is 9.28. The normalized spacial score (nSPS) is 19.8. The number of nitrogens with zero attached hydrogens (tertiary/aromatic N) is 1. The van der Waals surface area contributed by atoms with Gasteiger partial charge in [0.2, 0.25) is 0 Å². The van der Waals surface area contributed by atoms with Gasteiger partial charge in [0, 0.05) is 25.7 Å². The lowest BCUT2D eigenvalue weighted by Gasteiger charge is -2.28. The smallest absolute Gasteiger partial charge is 0.0632 e. The number of nitrogens with one attached hydrogen (secondary N) is 1. The predicted octanol–water partition coefficient (Wildman–Crippen LogP) is 1.71. The molecule has 1 N–H and O–H groups in total. The Morgan fingerprint density at radius 1 is 1.26 bits per heavy atom. The maximum atomic E-state index is 5.48. The molecule has 2 rings (SSSR count). The molecule has 3 nitrogen and oxygen atoms in total. The molecule has 0 aliphatic carbocycles. The number of aryl methyl sites for hydroxylation is 1. The van der Waals surface area contributed by atoms with Gasteiger partial charge in [-0.1, -0.05) is 31.2 Å². The first-order valence-corrected chi connectivity index (χ1v) is 7.35. The van der Waals surface area contributed by atoms with Crippen LogP contribution in [0.15, 0.2) is 24.3 Å². The summed E-state index contributed by atoms with van der Waals surface area (Å²) in [6.45, 7) is 7.04. The van der Waals surface area contributed by atoms with E-state index in [2.05, 4.69) is 48.5 Å². The number of benzene rings is 1. The van der Waals surface area contributed by atoms with E-state index in [1.807, 2.05) is 0 Å². The van der Waals surface area contributed by atoms with Crippen LogP contribution in [-0.2, 0) is 17.6 Å². The molecule has 0 amide bonds. The third-order valence-corrected chi connectivity index (χ3v) is 3.74. The molecule has 1 aromatic rings. The summed E-state index contributed by atoms with van der Waals surface area (Å²) >= 11 is 0. The van der Waals surface area contributed by atoms with Gasteiger partial charge in [-0.2, -0.15) is 0 Å². The summed E-state index contributed by atoms with van der Waals surface area (Å²) in [7, 11) is 2.19. The fourth-order valence-electron chi connectivity index (χ4n) is 2.47. The second-order valence-corrected chi connectivity index (χ2v) is 5.41. The summed E-state index contributed by atoms with van der Waals surface area (Å²) in [4.78, 5) is 2.39. The van der Waals surface area contributed by atoms with Crippen molar-refractivity contribution >= 4 is 0 Å². The molecule has 3 heteroatoms. The van der Waals surface area contributed by atoms with Crippen LogP contribution in [-0.4, -0.2) is 50.8 Å². The predicted molar refractivity (Wildman–Crippen MR) is 79.6 cm³/mol. The van der Waals surface area contributed by atoms with Crippen LogP contribution in [0.5, 0.6) is 0 Å². The number of ether oxygens (including phenoxy) is 1. The Morgan fingerprint density at radius 3 is 2.63 bits per heavy atom. The number of hydrogen-bond donors (Lipinski definition) is 1. The summed E-state index contributed by atoms with van der Waals surface area (Å²) in [6.07, 6.45) is 2.24. The zero-order valence-electron chi connectivity index (χ0n) is 12.2. The van der Waals surface area contributed by atoms with E-state index in [9.17, 15) is 0 Å². The van der Waals surface area contributed by atoms with Crippen LogP contribution in [0.25, 0.3) is 0 Å². The molecule has 1 unspecified atom stereocenters. The summed E-state index contributed by atoms with van der Waals surface area (Å²) in [5, 5.41) is 3.50. The highest BCUT2D eigenvalue weighted by atomic mass is 16.5. The molecule has 1 fully saturated rings. The van der Waals surface area contributed by atoms with Gasteiger partial charge in [-0.25, -0.2) is 0 Å². The van der Waals surface area contributed by atoms with Crippen LogP contribution >= 0.6 is 0 Å². The summed E-state index contributed by atoms with van der Waals surface area (Å²) < 4.78 is 5.48. The van der Waals surface area contributed by atoms with E-state index in [1.165, 1.54) is 11.1 Å². The highest BCUT2D eigenvalue weighted by Crippen LogP contribution is 2.06. The van der Waals surface area contributed by atoms with Gasteiger partial charge in [-0.3, -0.25) is 0 Å². The molecule has 0 aromatic heterocycles. The fraction of sp³-hybridized carbons (Fsp3) is 0.625. The van der Waals surface area contributed by atoms with Crippen molar-refractivity contribution in [2.24, 2.45) is 0 Å². The van der Waals surface area contributed by atoms with Crippen molar-refractivity contribution in [2.45, 2.75) is 25.8 Å². The van der Waals surface area contributed by atoms with Crippen molar-refractivity contribution in [1.82, 2.24) is 10.2 Å². The minimum absolute atomic E-state index is 0.487. The highest BCUT2D eigenvalue weighted by Gasteiger charge is 2.14. The van der Waals surface area contributed by atoms with Gasteiger partial charge in [-0.05, 0) is 31.0 Å². The van der Waals surface area contributed by atoms with Crippen LogP contribution in [0, 0.1) is 0 Å². The SMILES string of the molecule is CCc1ccc(CCN(C)CC2COCCN2)cc1. The quantitative estimate of drug-likeness (QED) is 0.845. The molecule has 106 valence electrons. The van der Waals surface area contributed by atoms with Gasteiger partial charge >= 0.3 is 0 Å². The molecule has 19 heavy (non-hydrogen) atoms. The molecule has 1 aromatic carbocycles. The van der Waals surface area contributed by atoms with Crippen LogP contribution < -0.4 is 5.32 Å². The number of rotatable bonds is 6. The Bertz CT molecular complexity index is 358. The standard InChI is InChI=1S/C16H26N2O/c1-3-14-4-6-15(7-5-14)8-10-18(2)12-16-13-19-11-9-17-16/h4-7,16-17H,3,8-13H2,1-2H3. The van der Waals surface area contributed by atoms with Crippen LogP contribution in [0.1, 0.15) is 18.1 Å². The van der Waals surface area contributed by atoms with Crippen molar-refractivity contribution in [3.05, 3.63) is 35.4 Å². The topological polar surface area (TPSA) is 24.5 Å². The minimum atomic E-state index is 0.487. The molecule has 0 radical (unpaired) electrons. The van der Waals surface area contributed by atoms with Crippen molar-refractivity contribution < 1.29 is 4.74 Å². The van der Waals surface area contributed by atoms with Crippen LogP contribution in [0.4, 0.5) is 0 Å². The summed E-state index contributed by atoms with van der Waals surface area (Å²) in [5.74, 6) is 0. The second-order valence-electron chi connectivity index (χ2n) is 5.41. The van der Waals surface area contributed by atoms with Crippen molar-refractivity contribution in [2.75, 3.05) is 39.9 Å². The Labute approximate surface area is 116 Å². The molecular weight excluding hydrogens is 236 g/mol. The summed E-state index contributed by atoms with van der Waals surface area (Å²) in [6, 6.07) is 9.49. The van der Waals surface area contributed by atoms with E-state index in [4.69, 9.17) is 4.74 Å². The maximum absolute atomic E-state index is 5.48. The number of likely N-dealkylation sites (N-methyl/N-ethyl adjacent to an activating group) is 1. The lowest BCUT2D eigenvalue weighted by molar-refractivity contribution is 0.0655. The molecule has 1 aliphatic heterocycles. The number of hydrogen-bond acceptors (Lipinski definition) is 3. The molecule has 1 atom stereocenters. The van der Waals surface area contributed by atoms with Crippen LogP contribution in [0.2, 0.25) is 0 Å². The Hall–Kier alpha value is -0.900. The lowest BCUT2D eigenvalue weighted by Crippen LogP contribution is -2.47.